The van der Waals surface area contributed by atoms with Gasteiger partial charge in [-0.3, -0.25) is 4.98 Å². The molecule has 0 radical (unpaired) electrons. The number of unbranched alkanes of at least 4 members (excludes halogenated alkanes) is 1. The Labute approximate surface area is 99.5 Å². The summed E-state index contributed by atoms with van der Waals surface area (Å²) < 4.78 is 0. The Kier molecular flexibility index (Phi) is 6.09. The largest absolute Gasteiger partial charge is 0.313 e. The average molecular weight is 220 g/mol. The number of hydrogen-bond donors (Lipinski definition) is 1. The van der Waals surface area contributed by atoms with Crippen molar-refractivity contribution in [1.82, 2.24) is 10.3 Å². The van der Waals surface area contributed by atoms with Gasteiger partial charge in [-0.25, -0.2) is 0 Å². The molecule has 16 heavy (non-hydrogen) atoms. The second-order valence-corrected chi connectivity index (χ2v) is 4.94. The first-order valence-electron chi connectivity index (χ1n) is 6.29. The molecule has 0 saturated heterocycles. The molecule has 1 N–H and O–H groups in total. The fourth-order valence-corrected chi connectivity index (χ4v) is 1.75. The molecule has 0 amide bonds. The molecule has 1 aromatic heterocycles. The fraction of sp³-hybridized carbons (Fsp3) is 0.643. The van der Waals surface area contributed by atoms with Gasteiger partial charge in [-0.05, 0) is 36.9 Å². The molecule has 0 atom stereocenters. The number of nitrogens with one attached hydrogen (secondary N) is 1. The van der Waals surface area contributed by atoms with Gasteiger partial charge in [0.05, 0.1) is 0 Å². The van der Waals surface area contributed by atoms with Gasteiger partial charge in [0.25, 0.3) is 0 Å². The number of aromatic nitrogens is 1. The van der Waals surface area contributed by atoms with Crippen molar-refractivity contribution in [3.05, 3.63) is 29.6 Å². The van der Waals surface area contributed by atoms with Gasteiger partial charge in [0.15, 0.2) is 0 Å². The van der Waals surface area contributed by atoms with Crippen molar-refractivity contribution < 1.29 is 0 Å². The molecule has 2 nitrogen and oxygen atoms in total. The Morgan fingerprint density at radius 1 is 1.25 bits per heavy atom. The summed E-state index contributed by atoms with van der Waals surface area (Å²) in [7, 11) is 0. The number of aryl methyl sites for hydroxylation is 1. The summed E-state index contributed by atoms with van der Waals surface area (Å²) in [5.41, 5.74) is 2.52. The van der Waals surface area contributed by atoms with Gasteiger partial charge in [0.2, 0.25) is 0 Å². The molecule has 0 aromatic carbocycles. The van der Waals surface area contributed by atoms with E-state index in [0.29, 0.717) is 0 Å². The Morgan fingerprint density at radius 2 is 2.06 bits per heavy atom. The van der Waals surface area contributed by atoms with Crippen LogP contribution in [0.5, 0.6) is 0 Å². The van der Waals surface area contributed by atoms with Gasteiger partial charge in [0, 0.05) is 18.9 Å². The smallest absolute Gasteiger partial charge is 0.0313 e. The van der Waals surface area contributed by atoms with E-state index in [4.69, 9.17) is 0 Å². The molecule has 0 aliphatic rings. The van der Waals surface area contributed by atoms with Crippen LogP contribution < -0.4 is 5.32 Å². The van der Waals surface area contributed by atoms with Crippen LogP contribution in [0.25, 0.3) is 0 Å². The fourth-order valence-electron chi connectivity index (χ4n) is 1.75. The highest BCUT2D eigenvalue weighted by Crippen LogP contribution is 2.05. The molecule has 0 saturated carbocycles. The van der Waals surface area contributed by atoms with Crippen molar-refractivity contribution in [3.63, 3.8) is 0 Å². The molecule has 90 valence electrons. The summed E-state index contributed by atoms with van der Waals surface area (Å²) in [6, 6.07) is 2.19. The zero-order valence-electron chi connectivity index (χ0n) is 10.8. The van der Waals surface area contributed by atoms with E-state index in [1.54, 1.807) is 0 Å². The lowest BCUT2D eigenvalue weighted by molar-refractivity contribution is 0.520. The highest BCUT2D eigenvalue weighted by atomic mass is 14.8. The molecule has 0 aliphatic heterocycles. The molecule has 0 bridgehead atoms. The van der Waals surface area contributed by atoms with E-state index in [1.807, 2.05) is 12.4 Å². The molecule has 0 unspecified atom stereocenters. The quantitative estimate of drug-likeness (QED) is 0.713. The van der Waals surface area contributed by atoms with Crippen LogP contribution in [-0.2, 0) is 6.54 Å². The van der Waals surface area contributed by atoms with Crippen molar-refractivity contribution in [2.45, 2.75) is 46.6 Å². The first kappa shape index (κ1) is 13.2. The Balaban J connectivity index is 2.07. The van der Waals surface area contributed by atoms with Gasteiger partial charge in [-0.1, -0.05) is 32.8 Å². The van der Waals surface area contributed by atoms with Crippen molar-refractivity contribution in [2.75, 3.05) is 6.54 Å². The summed E-state index contributed by atoms with van der Waals surface area (Å²) in [5, 5.41) is 3.46. The summed E-state index contributed by atoms with van der Waals surface area (Å²) in [6.07, 6.45) is 7.78. The Morgan fingerprint density at radius 3 is 2.75 bits per heavy atom. The zero-order chi connectivity index (χ0) is 11.8. The van der Waals surface area contributed by atoms with Crippen LogP contribution in [0.2, 0.25) is 0 Å². The number of pyridine rings is 1. The zero-order valence-corrected chi connectivity index (χ0v) is 10.8. The van der Waals surface area contributed by atoms with E-state index >= 15 is 0 Å². The Bertz CT molecular complexity index is 295. The Hall–Kier alpha value is -0.890. The predicted octanol–water partition coefficient (Wildman–Crippen LogP) is 3.31. The minimum atomic E-state index is 0.834. The van der Waals surface area contributed by atoms with Crippen LogP contribution in [0.15, 0.2) is 18.5 Å². The van der Waals surface area contributed by atoms with E-state index < -0.39 is 0 Å². The molecule has 0 fully saturated rings. The van der Waals surface area contributed by atoms with E-state index in [0.717, 1.165) is 19.0 Å². The minimum absolute atomic E-state index is 0.834. The van der Waals surface area contributed by atoms with Crippen molar-refractivity contribution in [3.8, 4) is 0 Å². The van der Waals surface area contributed by atoms with Crippen molar-refractivity contribution in [1.29, 1.82) is 0 Å². The average Bonchev–Trinajstić information content (AvgIpc) is 2.23. The third-order valence-corrected chi connectivity index (χ3v) is 2.65. The monoisotopic (exact) mass is 220 g/mol. The van der Waals surface area contributed by atoms with Gasteiger partial charge in [-0.2, -0.15) is 0 Å². The third kappa shape index (κ3) is 5.86. The first-order chi connectivity index (χ1) is 7.68. The van der Waals surface area contributed by atoms with Gasteiger partial charge < -0.3 is 5.32 Å². The molecule has 2 heteroatoms. The lowest BCUT2D eigenvalue weighted by atomic mass is 10.1. The number of rotatable bonds is 7. The summed E-state index contributed by atoms with van der Waals surface area (Å²) in [4.78, 5) is 4.18. The van der Waals surface area contributed by atoms with Crippen LogP contribution in [0.1, 0.15) is 44.2 Å². The molecule has 0 spiro atoms. The maximum atomic E-state index is 4.18. The van der Waals surface area contributed by atoms with Crippen LogP contribution in [0, 0.1) is 12.8 Å². The summed E-state index contributed by atoms with van der Waals surface area (Å²) in [6.45, 7) is 8.70. The molecule has 1 rings (SSSR count). The summed E-state index contributed by atoms with van der Waals surface area (Å²) >= 11 is 0. The van der Waals surface area contributed by atoms with Crippen molar-refractivity contribution >= 4 is 0 Å². The summed E-state index contributed by atoms with van der Waals surface area (Å²) in [5.74, 6) is 0.834. The van der Waals surface area contributed by atoms with E-state index in [1.165, 1.54) is 30.4 Å². The van der Waals surface area contributed by atoms with E-state index in [-0.39, 0.29) is 0 Å². The lowest BCUT2D eigenvalue weighted by Gasteiger charge is -2.06. The van der Waals surface area contributed by atoms with Crippen LogP contribution in [0.3, 0.4) is 0 Å². The maximum absolute atomic E-state index is 4.18. The van der Waals surface area contributed by atoms with Gasteiger partial charge in [-0.15, -0.1) is 0 Å². The number of nitrogens with zero attached hydrogens (tertiary/aromatic N) is 1. The molecular formula is C14H24N2. The highest BCUT2D eigenvalue weighted by Gasteiger charge is 1.95. The second kappa shape index (κ2) is 7.39. The van der Waals surface area contributed by atoms with E-state index in [9.17, 15) is 0 Å². The second-order valence-electron chi connectivity index (χ2n) is 4.94. The van der Waals surface area contributed by atoms with Gasteiger partial charge >= 0.3 is 0 Å². The predicted molar refractivity (Wildman–Crippen MR) is 69.4 cm³/mol. The van der Waals surface area contributed by atoms with Gasteiger partial charge in [0.1, 0.15) is 0 Å². The van der Waals surface area contributed by atoms with Crippen LogP contribution >= 0.6 is 0 Å². The van der Waals surface area contributed by atoms with Crippen LogP contribution in [-0.4, -0.2) is 11.5 Å². The molecule has 1 aromatic rings. The topological polar surface area (TPSA) is 24.9 Å². The standard InChI is InChI=1S/C14H24N2/c1-12(2)6-4-5-7-15-10-14-8-13(3)9-16-11-14/h8-9,11-12,15H,4-7,10H2,1-3H3. The highest BCUT2D eigenvalue weighted by molar-refractivity contribution is 5.16. The molecule has 1 heterocycles. The lowest BCUT2D eigenvalue weighted by Crippen LogP contribution is -2.15. The minimum Gasteiger partial charge on any atom is -0.313 e. The normalized spacial score (nSPS) is 11.0. The first-order valence-corrected chi connectivity index (χ1v) is 6.29. The SMILES string of the molecule is Cc1cncc(CNCCCCC(C)C)c1. The molecular weight excluding hydrogens is 196 g/mol. The maximum Gasteiger partial charge on any atom is 0.0313 e. The molecule has 0 aliphatic carbocycles. The van der Waals surface area contributed by atoms with E-state index in [2.05, 4.69) is 37.1 Å². The number of hydrogen-bond acceptors (Lipinski definition) is 2. The van der Waals surface area contributed by atoms with Crippen molar-refractivity contribution in [2.24, 2.45) is 5.92 Å². The third-order valence-electron chi connectivity index (χ3n) is 2.65. The van der Waals surface area contributed by atoms with Crippen LogP contribution in [0.4, 0.5) is 0 Å².